The molecule has 1 amide bonds. The summed E-state index contributed by atoms with van der Waals surface area (Å²) >= 11 is 5.76. The summed E-state index contributed by atoms with van der Waals surface area (Å²) in [6.45, 7) is 0.177. The van der Waals surface area contributed by atoms with Gasteiger partial charge in [0.05, 0.1) is 12.2 Å². The molecule has 5 N–H and O–H groups in total. The van der Waals surface area contributed by atoms with Crippen molar-refractivity contribution in [2.45, 2.75) is 12.2 Å². The Kier molecular flexibility index (Phi) is 3.67. The monoisotopic (exact) mass is 272 g/mol. The first-order valence-electron chi connectivity index (χ1n) is 5.31. The van der Waals surface area contributed by atoms with Gasteiger partial charge in [-0.3, -0.25) is 4.79 Å². The maximum absolute atomic E-state index is 12.1. The zero-order valence-electron chi connectivity index (χ0n) is 9.38. The Morgan fingerprint density at radius 1 is 1.44 bits per heavy atom. The zero-order chi connectivity index (χ0) is 13.3. The molecule has 0 saturated carbocycles. The van der Waals surface area contributed by atoms with Crippen molar-refractivity contribution in [2.75, 3.05) is 18.5 Å². The van der Waals surface area contributed by atoms with Crippen LogP contribution in [0.3, 0.4) is 0 Å². The van der Waals surface area contributed by atoms with Crippen LogP contribution in [0.4, 0.5) is 5.82 Å². The summed E-state index contributed by atoms with van der Waals surface area (Å²) in [5.41, 5.74) is 2.60. The number of carbonyl (C=O) groups is 1. The van der Waals surface area contributed by atoms with Gasteiger partial charge in [-0.25, -0.2) is 10.8 Å². The summed E-state index contributed by atoms with van der Waals surface area (Å²) in [7, 11) is 0. The molecule has 2 heterocycles. The molecule has 0 radical (unpaired) electrons. The molecule has 8 heteroatoms. The Bertz CT molecular complexity index is 460. The molecule has 18 heavy (non-hydrogen) atoms. The number of hydrogen-bond donors (Lipinski definition) is 4. The van der Waals surface area contributed by atoms with Gasteiger partial charge in [0.15, 0.2) is 0 Å². The van der Waals surface area contributed by atoms with E-state index in [1.54, 1.807) is 0 Å². The Labute approximate surface area is 108 Å². The number of hydrogen-bond acceptors (Lipinski definition) is 6. The molecule has 1 fully saturated rings. The molecule has 1 aromatic rings. The van der Waals surface area contributed by atoms with E-state index in [0.29, 0.717) is 5.56 Å². The number of carbonyl (C=O) groups excluding carboxylic acids is 1. The number of anilines is 1. The number of aromatic nitrogens is 1. The van der Waals surface area contributed by atoms with E-state index in [0.717, 1.165) is 0 Å². The number of nitrogens with two attached hydrogens (primary N) is 1. The average Bonchev–Trinajstić information content (AvgIpc) is 2.68. The van der Waals surface area contributed by atoms with Gasteiger partial charge in [0.2, 0.25) is 0 Å². The van der Waals surface area contributed by atoms with Crippen molar-refractivity contribution >= 4 is 23.3 Å². The fraction of sp³-hybridized carbons (Fsp3) is 0.400. The number of rotatable bonds is 2. The molecule has 1 aliphatic rings. The zero-order valence-corrected chi connectivity index (χ0v) is 10.1. The number of pyridine rings is 1. The van der Waals surface area contributed by atoms with Gasteiger partial charge >= 0.3 is 0 Å². The van der Waals surface area contributed by atoms with Crippen LogP contribution in [0.5, 0.6) is 0 Å². The molecular weight excluding hydrogens is 260 g/mol. The van der Waals surface area contributed by atoms with Crippen molar-refractivity contribution in [1.82, 2.24) is 9.88 Å². The van der Waals surface area contributed by atoms with Crippen molar-refractivity contribution in [3.8, 4) is 0 Å². The molecule has 2 atom stereocenters. The number of β-amino-alcohol motifs (C(OH)–C–C–N with tert-alkyl or cyclic N) is 2. The van der Waals surface area contributed by atoms with Gasteiger partial charge in [0.25, 0.3) is 5.91 Å². The van der Waals surface area contributed by atoms with Crippen LogP contribution in [-0.4, -0.2) is 51.3 Å². The van der Waals surface area contributed by atoms with Gasteiger partial charge in [-0.05, 0) is 12.1 Å². The van der Waals surface area contributed by atoms with Crippen LogP contribution in [-0.2, 0) is 0 Å². The first-order chi connectivity index (χ1) is 8.51. The second-order valence-corrected chi connectivity index (χ2v) is 4.44. The molecule has 7 nitrogen and oxygen atoms in total. The Morgan fingerprint density at radius 2 is 2.06 bits per heavy atom. The largest absolute Gasteiger partial charge is 0.388 e. The lowest BCUT2D eigenvalue weighted by atomic mass is 10.2. The van der Waals surface area contributed by atoms with E-state index in [1.807, 2.05) is 0 Å². The van der Waals surface area contributed by atoms with E-state index in [4.69, 9.17) is 17.4 Å². The molecule has 1 aliphatic heterocycles. The third kappa shape index (κ3) is 2.54. The number of nitrogens with zero attached hydrogens (tertiary/aromatic N) is 2. The van der Waals surface area contributed by atoms with Gasteiger partial charge in [-0.2, -0.15) is 0 Å². The number of nitrogen functional groups attached to an aromatic ring is 1. The van der Waals surface area contributed by atoms with E-state index in [9.17, 15) is 15.0 Å². The number of aliphatic hydroxyl groups is 2. The highest BCUT2D eigenvalue weighted by atomic mass is 35.5. The number of nitrogens with one attached hydrogen (secondary N) is 1. The molecule has 0 aliphatic carbocycles. The molecule has 2 unspecified atom stereocenters. The summed E-state index contributed by atoms with van der Waals surface area (Å²) in [6.07, 6.45) is -1.84. The fourth-order valence-corrected chi connectivity index (χ4v) is 2.02. The number of likely N-dealkylation sites (tertiary alicyclic amines) is 1. The summed E-state index contributed by atoms with van der Waals surface area (Å²) in [4.78, 5) is 17.3. The molecule has 2 rings (SSSR count). The number of aliphatic hydroxyl groups excluding tert-OH is 2. The van der Waals surface area contributed by atoms with E-state index in [2.05, 4.69) is 10.4 Å². The average molecular weight is 273 g/mol. The SMILES string of the molecule is NNc1cc(C(=O)N2CC(O)C(O)C2)cc(Cl)n1. The van der Waals surface area contributed by atoms with Gasteiger partial charge in [-0.15, -0.1) is 0 Å². The Morgan fingerprint density at radius 3 is 2.61 bits per heavy atom. The van der Waals surface area contributed by atoms with Crippen LogP contribution in [0.25, 0.3) is 0 Å². The molecule has 1 aromatic heterocycles. The normalized spacial score (nSPS) is 23.2. The van der Waals surface area contributed by atoms with Gasteiger partial charge in [-0.1, -0.05) is 11.6 Å². The molecule has 0 aromatic carbocycles. The number of amides is 1. The van der Waals surface area contributed by atoms with E-state index < -0.39 is 12.2 Å². The van der Waals surface area contributed by atoms with E-state index >= 15 is 0 Å². The van der Waals surface area contributed by atoms with Gasteiger partial charge in [0.1, 0.15) is 11.0 Å². The number of halogens is 1. The standard InChI is InChI=1S/C10H13ClN4O3/c11-8-1-5(2-9(13-8)14-12)10(18)15-3-6(16)7(17)4-15/h1-2,6-7,16-17H,3-4,12H2,(H,13,14). The van der Waals surface area contributed by atoms with Crippen LogP contribution < -0.4 is 11.3 Å². The Balaban J connectivity index is 2.21. The predicted molar refractivity (Wildman–Crippen MR) is 65.0 cm³/mol. The second kappa shape index (κ2) is 5.07. The second-order valence-electron chi connectivity index (χ2n) is 4.05. The third-order valence-electron chi connectivity index (χ3n) is 2.74. The molecule has 98 valence electrons. The van der Waals surface area contributed by atoms with Crippen molar-refractivity contribution in [3.05, 3.63) is 22.8 Å². The van der Waals surface area contributed by atoms with Crippen molar-refractivity contribution in [3.63, 3.8) is 0 Å². The number of hydrazine groups is 1. The third-order valence-corrected chi connectivity index (χ3v) is 2.93. The first-order valence-corrected chi connectivity index (χ1v) is 5.68. The lowest BCUT2D eigenvalue weighted by Crippen LogP contribution is -2.30. The van der Waals surface area contributed by atoms with Crippen LogP contribution in [0.15, 0.2) is 12.1 Å². The van der Waals surface area contributed by atoms with Crippen LogP contribution >= 0.6 is 11.6 Å². The minimum Gasteiger partial charge on any atom is -0.388 e. The summed E-state index contributed by atoms with van der Waals surface area (Å²) in [5, 5.41) is 18.9. The fourth-order valence-electron chi connectivity index (χ4n) is 1.81. The molecular formula is C10H13ClN4O3. The highest BCUT2D eigenvalue weighted by Crippen LogP contribution is 2.18. The maximum atomic E-state index is 12.1. The molecule has 1 saturated heterocycles. The van der Waals surface area contributed by atoms with Crippen LogP contribution in [0.1, 0.15) is 10.4 Å². The lowest BCUT2D eigenvalue weighted by molar-refractivity contribution is 0.0572. The predicted octanol–water partition coefficient (Wildman–Crippen LogP) is -0.802. The van der Waals surface area contributed by atoms with Crippen LogP contribution in [0, 0.1) is 0 Å². The Hall–Kier alpha value is -1.41. The van der Waals surface area contributed by atoms with Gasteiger partial charge in [0, 0.05) is 18.7 Å². The van der Waals surface area contributed by atoms with Crippen molar-refractivity contribution < 1.29 is 15.0 Å². The quantitative estimate of drug-likeness (QED) is 0.319. The van der Waals surface area contributed by atoms with E-state index in [-0.39, 0.29) is 30.0 Å². The summed E-state index contributed by atoms with van der Waals surface area (Å²) in [6, 6.07) is 2.85. The van der Waals surface area contributed by atoms with E-state index in [1.165, 1.54) is 17.0 Å². The maximum Gasteiger partial charge on any atom is 0.254 e. The smallest absolute Gasteiger partial charge is 0.254 e. The van der Waals surface area contributed by atoms with Crippen molar-refractivity contribution in [1.29, 1.82) is 0 Å². The van der Waals surface area contributed by atoms with Crippen molar-refractivity contribution in [2.24, 2.45) is 5.84 Å². The first kappa shape index (κ1) is 13.0. The lowest BCUT2D eigenvalue weighted by Gasteiger charge is -2.15. The minimum absolute atomic E-state index is 0.0886. The highest BCUT2D eigenvalue weighted by Gasteiger charge is 2.33. The summed E-state index contributed by atoms with van der Waals surface area (Å²) in [5.74, 6) is 5.14. The van der Waals surface area contributed by atoms with Crippen LogP contribution in [0.2, 0.25) is 5.15 Å². The summed E-state index contributed by atoms with van der Waals surface area (Å²) < 4.78 is 0. The molecule has 0 spiro atoms. The van der Waals surface area contributed by atoms with Gasteiger partial charge < -0.3 is 20.5 Å². The topological polar surface area (TPSA) is 112 Å². The highest BCUT2D eigenvalue weighted by molar-refractivity contribution is 6.29. The minimum atomic E-state index is -0.918. The molecule has 0 bridgehead atoms.